The zero-order valence-corrected chi connectivity index (χ0v) is 28.1. The van der Waals surface area contributed by atoms with E-state index in [0.717, 1.165) is 39.1 Å². The molecule has 0 bridgehead atoms. The molecule has 0 fully saturated rings. The van der Waals surface area contributed by atoms with E-state index in [-0.39, 0.29) is 5.41 Å². The highest BCUT2D eigenvalue weighted by atomic mass is 15.1. The highest BCUT2D eigenvalue weighted by Gasteiger charge is 2.35. The Bertz CT molecular complexity index is 3290. The third-order valence-electron chi connectivity index (χ3n) is 11.6. The Morgan fingerprint density at radius 3 is 1.96 bits per heavy atom. The van der Waals surface area contributed by atoms with Gasteiger partial charge in [-0.1, -0.05) is 117 Å². The van der Waals surface area contributed by atoms with Crippen LogP contribution in [0.1, 0.15) is 25.0 Å². The molecular formula is C47H30N4. The Balaban J connectivity index is 1.24. The van der Waals surface area contributed by atoms with Crippen LogP contribution in [-0.2, 0) is 5.41 Å². The zero-order valence-electron chi connectivity index (χ0n) is 28.1. The maximum absolute atomic E-state index is 5.48. The van der Waals surface area contributed by atoms with Crippen molar-refractivity contribution in [3.8, 4) is 28.2 Å². The number of aromatic nitrogens is 4. The molecule has 51 heavy (non-hydrogen) atoms. The van der Waals surface area contributed by atoms with Crippen molar-refractivity contribution in [1.82, 2.24) is 18.9 Å². The number of hydrogen-bond donors (Lipinski definition) is 0. The molecule has 0 saturated carbocycles. The predicted molar refractivity (Wildman–Crippen MR) is 212 cm³/mol. The number of fused-ring (bicyclic) bond motifs is 9. The van der Waals surface area contributed by atoms with Gasteiger partial charge in [0.15, 0.2) is 5.82 Å². The third kappa shape index (κ3) is 3.35. The Hall–Kier alpha value is -6.52. The Labute approximate surface area is 293 Å². The van der Waals surface area contributed by atoms with Crippen LogP contribution in [0.2, 0.25) is 0 Å². The molecule has 4 aromatic heterocycles. The largest absolute Gasteiger partial charge is 0.308 e. The van der Waals surface area contributed by atoms with Crippen LogP contribution in [0.15, 0.2) is 146 Å². The smallest absolute Gasteiger partial charge is 0.165 e. The molecule has 0 N–H and O–H groups in total. The molecule has 0 atom stereocenters. The van der Waals surface area contributed by atoms with Gasteiger partial charge in [0.1, 0.15) is 5.69 Å². The average molecular weight is 651 g/mol. The first-order chi connectivity index (χ1) is 25.1. The minimum atomic E-state index is -0.127. The van der Waals surface area contributed by atoms with E-state index in [1.165, 1.54) is 71.1 Å². The fraction of sp³-hybridized carbons (Fsp3) is 0.0638. The molecule has 0 unspecified atom stereocenters. The summed E-state index contributed by atoms with van der Waals surface area (Å²) in [6.07, 6.45) is 0. The second kappa shape index (κ2) is 9.38. The minimum absolute atomic E-state index is 0.127. The summed E-state index contributed by atoms with van der Waals surface area (Å²) >= 11 is 0. The topological polar surface area (TPSA) is 35.1 Å². The lowest BCUT2D eigenvalue weighted by molar-refractivity contribution is 0.660. The van der Waals surface area contributed by atoms with Gasteiger partial charge in [0.2, 0.25) is 0 Å². The van der Waals surface area contributed by atoms with Gasteiger partial charge in [-0.25, -0.2) is 9.97 Å². The fourth-order valence-electron chi connectivity index (χ4n) is 9.41. The van der Waals surface area contributed by atoms with Crippen LogP contribution < -0.4 is 0 Å². The van der Waals surface area contributed by atoms with Gasteiger partial charge in [0.25, 0.3) is 0 Å². The first kappa shape index (κ1) is 27.3. The van der Waals surface area contributed by atoms with Gasteiger partial charge in [-0.15, -0.1) is 0 Å². The monoisotopic (exact) mass is 650 g/mol. The molecule has 0 amide bonds. The lowest BCUT2D eigenvalue weighted by atomic mass is 9.82. The summed E-state index contributed by atoms with van der Waals surface area (Å²) < 4.78 is 4.86. The number of benzene rings is 7. The van der Waals surface area contributed by atoms with E-state index in [9.17, 15) is 0 Å². The summed E-state index contributed by atoms with van der Waals surface area (Å²) in [5.74, 6) is 0.840. The normalized spacial score (nSPS) is 13.8. The molecule has 0 saturated heterocycles. The molecule has 7 aromatic carbocycles. The Kier molecular flexibility index (Phi) is 5.02. The van der Waals surface area contributed by atoms with Gasteiger partial charge >= 0.3 is 0 Å². The lowest BCUT2D eigenvalue weighted by Crippen LogP contribution is -2.15. The second-order valence-corrected chi connectivity index (χ2v) is 14.6. The van der Waals surface area contributed by atoms with Gasteiger partial charge in [-0.3, -0.25) is 4.57 Å². The first-order valence-corrected chi connectivity index (χ1v) is 17.7. The molecule has 0 aliphatic heterocycles. The van der Waals surface area contributed by atoms with Crippen molar-refractivity contribution in [3.05, 3.63) is 157 Å². The molecule has 4 heteroatoms. The number of para-hydroxylation sites is 4. The van der Waals surface area contributed by atoms with Crippen molar-refractivity contribution >= 4 is 70.9 Å². The van der Waals surface area contributed by atoms with E-state index in [1.807, 2.05) is 6.07 Å². The summed E-state index contributed by atoms with van der Waals surface area (Å²) in [4.78, 5) is 10.9. The molecule has 11 aromatic rings. The highest BCUT2D eigenvalue weighted by molar-refractivity contribution is 6.31. The van der Waals surface area contributed by atoms with Gasteiger partial charge in [0.05, 0.1) is 38.6 Å². The molecule has 238 valence electrons. The SMILES string of the molecule is CC1(C)c2ccccc2-c2ccc(-c3nc4ccccc4nc3-n3c4cccc5c6cccc7c8ccccc8n(c8cccc3c8c54)c67)cc21. The summed E-state index contributed by atoms with van der Waals surface area (Å²) in [6, 6.07) is 53.0. The van der Waals surface area contributed by atoms with E-state index in [2.05, 4.69) is 162 Å². The fourth-order valence-corrected chi connectivity index (χ4v) is 9.41. The zero-order chi connectivity index (χ0) is 33.6. The van der Waals surface area contributed by atoms with Crippen LogP contribution >= 0.6 is 0 Å². The van der Waals surface area contributed by atoms with E-state index in [1.54, 1.807) is 0 Å². The minimum Gasteiger partial charge on any atom is -0.308 e. The van der Waals surface area contributed by atoms with E-state index in [4.69, 9.17) is 9.97 Å². The Morgan fingerprint density at radius 2 is 1.08 bits per heavy atom. The standard InChI is InChI=1S/C47H30N4/c1-47(2)34-17-5-3-12-28(34)29-25-24-27(26-35(29)47)44-46(49-37-19-7-6-18-36(37)48-44)51-39-21-10-14-31-33-16-9-15-32-30-13-4-8-20-38(30)50(45(32)33)40-22-11-23-41(51)43(40)42(31)39/h3-26H,1-2H3. The lowest BCUT2D eigenvalue weighted by Gasteiger charge is -2.22. The highest BCUT2D eigenvalue weighted by Crippen LogP contribution is 2.50. The molecule has 1 aliphatic carbocycles. The quantitative estimate of drug-likeness (QED) is 0.187. The predicted octanol–water partition coefficient (Wildman–Crippen LogP) is 11.9. The van der Waals surface area contributed by atoms with E-state index >= 15 is 0 Å². The van der Waals surface area contributed by atoms with Crippen molar-refractivity contribution in [2.24, 2.45) is 0 Å². The molecule has 0 spiro atoms. The summed E-state index contributed by atoms with van der Waals surface area (Å²) in [5, 5.41) is 7.51. The molecule has 4 nitrogen and oxygen atoms in total. The number of rotatable bonds is 2. The van der Waals surface area contributed by atoms with Crippen LogP contribution in [0.4, 0.5) is 0 Å². The summed E-state index contributed by atoms with van der Waals surface area (Å²) in [7, 11) is 0. The van der Waals surface area contributed by atoms with Gasteiger partial charge in [0, 0.05) is 37.9 Å². The van der Waals surface area contributed by atoms with Gasteiger partial charge in [-0.2, -0.15) is 0 Å². The third-order valence-corrected chi connectivity index (χ3v) is 11.6. The van der Waals surface area contributed by atoms with Crippen molar-refractivity contribution in [1.29, 1.82) is 0 Å². The van der Waals surface area contributed by atoms with Gasteiger partial charge < -0.3 is 4.40 Å². The van der Waals surface area contributed by atoms with Crippen molar-refractivity contribution in [2.45, 2.75) is 19.3 Å². The van der Waals surface area contributed by atoms with Crippen LogP contribution in [0.5, 0.6) is 0 Å². The van der Waals surface area contributed by atoms with Crippen LogP contribution in [0, 0.1) is 0 Å². The maximum atomic E-state index is 5.48. The average Bonchev–Trinajstić information content (AvgIpc) is 3.74. The van der Waals surface area contributed by atoms with Gasteiger partial charge in [-0.05, 0) is 70.1 Å². The molecule has 1 aliphatic rings. The molecular weight excluding hydrogens is 621 g/mol. The van der Waals surface area contributed by atoms with Crippen LogP contribution in [0.3, 0.4) is 0 Å². The van der Waals surface area contributed by atoms with Crippen molar-refractivity contribution < 1.29 is 0 Å². The van der Waals surface area contributed by atoms with Crippen molar-refractivity contribution in [3.63, 3.8) is 0 Å². The second-order valence-electron chi connectivity index (χ2n) is 14.6. The van der Waals surface area contributed by atoms with E-state index < -0.39 is 0 Å². The summed E-state index contributed by atoms with van der Waals surface area (Å²) in [6.45, 7) is 4.67. The van der Waals surface area contributed by atoms with Crippen LogP contribution in [-0.4, -0.2) is 18.9 Å². The molecule has 4 heterocycles. The van der Waals surface area contributed by atoms with Crippen LogP contribution in [0.25, 0.3) is 99.1 Å². The summed E-state index contributed by atoms with van der Waals surface area (Å²) in [5.41, 5.74) is 14.8. The number of nitrogens with zero attached hydrogens (tertiary/aromatic N) is 4. The van der Waals surface area contributed by atoms with E-state index in [0.29, 0.717) is 0 Å². The Morgan fingerprint density at radius 1 is 0.471 bits per heavy atom. The van der Waals surface area contributed by atoms with Crippen molar-refractivity contribution in [2.75, 3.05) is 0 Å². The first-order valence-electron chi connectivity index (χ1n) is 17.7. The number of hydrogen-bond acceptors (Lipinski definition) is 2. The maximum Gasteiger partial charge on any atom is 0.165 e. The molecule has 0 radical (unpaired) electrons. The molecule has 12 rings (SSSR count).